The van der Waals surface area contributed by atoms with Gasteiger partial charge in [-0.2, -0.15) is 0 Å². The molecule has 0 aromatic heterocycles. The molecule has 25 heavy (non-hydrogen) atoms. The van der Waals surface area contributed by atoms with Gasteiger partial charge in [-0.05, 0) is 18.1 Å². The highest BCUT2D eigenvalue weighted by Gasteiger charge is 2.65. The van der Waals surface area contributed by atoms with E-state index < -0.39 is 17.4 Å². The van der Waals surface area contributed by atoms with Gasteiger partial charge in [-0.1, -0.05) is 31.5 Å². The van der Waals surface area contributed by atoms with Crippen LogP contribution in [0.3, 0.4) is 0 Å². The van der Waals surface area contributed by atoms with E-state index in [0.29, 0.717) is 19.6 Å². The van der Waals surface area contributed by atoms with Crippen LogP contribution in [0.5, 0.6) is 0 Å². The molecule has 3 heterocycles. The molecule has 0 N–H and O–H groups in total. The van der Waals surface area contributed by atoms with E-state index in [-0.39, 0.29) is 40.9 Å². The van der Waals surface area contributed by atoms with Crippen LogP contribution in [0.15, 0.2) is 18.2 Å². The van der Waals surface area contributed by atoms with E-state index in [4.69, 9.17) is 16.3 Å². The summed E-state index contributed by atoms with van der Waals surface area (Å²) in [5.41, 5.74) is -0.814. The minimum absolute atomic E-state index is 0.00488. The van der Waals surface area contributed by atoms with Gasteiger partial charge in [-0.25, -0.2) is 4.39 Å². The van der Waals surface area contributed by atoms with Gasteiger partial charge in [0.1, 0.15) is 0 Å². The first-order chi connectivity index (χ1) is 11.9. The summed E-state index contributed by atoms with van der Waals surface area (Å²) in [6, 6.07) is 4.03. The molecule has 1 spiro atoms. The summed E-state index contributed by atoms with van der Waals surface area (Å²) in [6.45, 7) is 5.04. The van der Waals surface area contributed by atoms with Gasteiger partial charge < -0.3 is 14.5 Å². The van der Waals surface area contributed by atoms with Crippen molar-refractivity contribution in [1.82, 2.24) is 9.80 Å². The number of nitrogens with zero attached hydrogens (tertiary/aromatic N) is 2. The quantitative estimate of drug-likeness (QED) is 0.808. The van der Waals surface area contributed by atoms with Crippen LogP contribution in [0.4, 0.5) is 4.39 Å². The van der Waals surface area contributed by atoms with E-state index in [9.17, 15) is 14.0 Å². The van der Waals surface area contributed by atoms with Crippen molar-refractivity contribution in [2.24, 2.45) is 5.92 Å². The summed E-state index contributed by atoms with van der Waals surface area (Å²) in [7, 11) is 0. The zero-order chi connectivity index (χ0) is 17.9. The number of hydrogen-bond acceptors (Lipinski definition) is 3. The summed E-state index contributed by atoms with van der Waals surface area (Å²) < 4.78 is 20.4. The molecule has 2 amide bonds. The largest absolute Gasteiger partial charge is 0.351 e. The third-order valence-corrected chi connectivity index (χ3v) is 5.99. The standard InChI is InChI=1S/C18H20ClFN2O3/c1-10(2)13-9-25-18-6-7-21(14(18)8-15(23)22(13)18)17(24)11-4-3-5-12(19)16(11)20/h3-5,10,13-14H,6-9H2,1-2H3/t13-,14+,18-/m0/s1. The molecule has 0 radical (unpaired) electrons. The van der Waals surface area contributed by atoms with Gasteiger partial charge in [-0.3, -0.25) is 9.59 Å². The molecule has 3 saturated heterocycles. The molecule has 5 nitrogen and oxygen atoms in total. The Bertz CT molecular complexity index is 756. The maximum absolute atomic E-state index is 14.3. The summed E-state index contributed by atoms with van der Waals surface area (Å²) in [5.74, 6) is -0.876. The third kappa shape index (κ3) is 2.23. The van der Waals surface area contributed by atoms with Crippen molar-refractivity contribution < 1.29 is 18.7 Å². The number of amides is 2. The van der Waals surface area contributed by atoms with Gasteiger partial charge in [0.25, 0.3) is 5.91 Å². The lowest BCUT2D eigenvalue weighted by Gasteiger charge is -2.34. The summed E-state index contributed by atoms with van der Waals surface area (Å²) in [5, 5.41) is -0.0825. The average Bonchev–Trinajstić information content (AvgIpc) is 3.19. The van der Waals surface area contributed by atoms with Crippen molar-refractivity contribution in [3.8, 4) is 0 Å². The van der Waals surface area contributed by atoms with Gasteiger partial charge in [0.2, 0.25) is 5.91 Å². The molecule has 0 unspecified atom stereocenters. The highest BCUT2D eigenvalue weighted by Crippen LogP contribution is 2.49. The molecule has 1 aromatic carbocycles. The fraction of sp³-hybridized carbons (Fsp3) is 0.556. The normalized spacial score (nSPS) is 31.0. The number of carbonyl (C=O) groups is 2. The van der Waals surface area contributed by atoms with Crippen LogP contribution in [-0.4, -0.2) is 52.6 Å². The van der Waals surface area contributed by atoms with Crippen molar-refractivity contribution in [2.75, 3.05) is 13.2 Å². The summed E-state index contributed by atoms with van der Waals surface area (Å²) >= 11 is 5.81. The van der Waals surface area contributed by atoms with E-state index >= 15 is 0 Å². The predicted molar refractivity (Wildman–Crippen MR) is 89.6 cm³/mol. The number of benzene rings is 1. The monoisotopic (exact) mass is 366 g/mol. The summed E-state index contributed by atoms with van der Waals surface area (Å²) in [6.07, 6.45) is 0.775. The number of halogens is 2. The van der Waals surface area contributed by atoms with E-state index in [1.165, 1.54) is 12.1 Å². The maximum Gasteiger partial charge on any atom is 0.257 e. The second-order valence-electron chi connectivity index (χ2n) is 7.30. The molecule has 7 heteroatoms. The van der Waals surface area contributed by atoms with E-state index in [0.717, 1.165) is 0 Å². The molecule has 4 rings (SSSR count). The molecule has 3 atom stereocenters. The SMILES string of the molecule is CC(C)[C@@H]1CO[C@@]23CCN(C(=O)c4cccc(Cl)c4F)[C@@H]2CC(=O)N13. The average molecular weight is 367 g/mol. The Kier molecular flexibility index (Phi) is 3.81. The lowest BCUT2D eigenvalue weighted by atomic mass is 10.0. The van der Waals surface area contributed by atoms with Gasteiger partial charge in [0.15, 0.2) is 11.5 Å². The Morgan fingerprint density at radius 3 is 2.92 bits per heavy atom. The molecular formula is C18H20ClFN2O3. The number of rotatable bonds is 2. The molecule has 0 aliphatic carbocycles. The third-order valence-electron chi connectivity index (χ3n) is 5.70. The zero-order valence-electron chi connectivity index (χ0n) is 14.2. The first-order valence-corrected chi connectivity index (χ1v) is 8.95. The maximum atomic E-state index is 14.3. The van der Waals surface area contributed by atoms with Crippen molar-refractivity contribution in [2.45, 2.75) is 44.5 Å². The van der Waals surface area contributed by atoms with Crippen molar-refractivity contribution in [1.29, 1.82) is 0 Å². The van der Waals surface area contributed by atoms with E-state index in [1.54, 1.807) is 11.0 Å². The first kappa shape index (κ1) is 16.8. The topological polar surface area (TPSA) is 49.9 Å². The zero-order valence-corrected chi connectivity index (χ0v) is 14.9. The molecule has 1 aromatic rings. The molecule has 3 aliphatic heterocycles. The van der Waals surface area contributed by atoms with Crippen LogP contribution in [0.25, 0.3) is 0 Å². The van der Waals surface area contributed by atoms with Crippen LogP contribution in [0.1, 0.15) is 37.0 Å². The fourth-order valence-electron chi connectivity index (χ4n) is 4.44. The van der Waals surface area contributed by atoms with E-state index in [2.05, 4.69) is 13.8 Å². The van der Waals surface area contributed by atoms with Gasteiger partial charge in [0, 0.05) is 13.0 Å². The second kappa shape index (κ2) is 5.68. The van der Waals surface area contributed by atoms with Gasteiger partial charge in [0.05, 0.1) is 35.7 Å². The van der Waals surface area contributed by atoms with Crippen LogP contribution in [-0.2, 0) is 9.53 Å². The smallest absolute Gasteiger partial charge is 0.257 e. The predicted octanol–water partition coefficient (Wildman–Crippen LogP) is 2.68. The Morgan fingerprint density at radius 1 is 1.44 bits per heavy atom. The first-order valence-electron chi connectivity index (χ1n) is 8.58. The molecule has 0 bridgehead atoms. The van der Waals surface area contributed by atoms with E-state index in [1.807, 2.05) is 4.90 Å². The van der Waals surface area contributed by atoms with Gasteiger partial charge in [-0.15, -0.1) is 0 Å². The summed E-state index contributed by atoms with van der Waals surface area (Å²) in [4.78, 5) is 28.9. The molecule has 3 aliphatic rings. The van der Waals surface area contributed by atoms with Crippen LogP contribution in [0.2, 0.25) is 5.02 Å². The molecular weight excluding hydrogens is 347 g/mol. The minimum atomic E-state index is -0.753. The number of ether oxygens (including phenoxy) is 1. The Balaban J connectivity index is 1.67. The van der Waals surface area contributed by atoms with Gasteiger partial charge >= 0.3 is 0 Å². The highest BCUT2D eigenvalue weighted by molar-refractivity contribution is 6.31. The fourth-order valence-corrected chi connectivity index (χ4v) is 4.61. The van der Waals surface area contributed by atoms with Crippen molar-refractivity contribution in [3.05, 3.63) is 34.6 Å². The number of likely N-dealkylation sites (tertiary alicyclic amines) is 1. The second-order valence-corrected chi connectivity index (χ2v) is 7.71. The molecule has 3 fully saturated rings. The van der Waals surface area contributed by atoms with Crippen molar-refractivity contribution >= 4 is 23.4 Å². The van der Waals surface area contributed by atoms with Crippen molar-refractivity contribution in [3.63, 3.8) is 0 Å². The lowest BCUT2D eigenvalue weighted by molar-refractivity contribution is -0.139. The lowest BCUT2D eigenvalue weighted by Crippen LogP contribution is -2.51. The highest BCUT2D eigenvalue weighted by atomic mass is 35.5. The van der Waals surface area contributed by atoms with Crippen LogP contribution in [0, 0.1) is 11.7 Å². The molecule has 134 valence electrons. The minimum Gasteiger partial charge on any atom is -0.351 e. The van der Waals surface area contributed by atoms with Crippen LogP contribution < -0.4 is 0 Å². The number of hydrogen-bond donors (Lipinski definition) is 0. The van der Waals surface area contributed by atoms with Crippen LogP contribution >= 0.6 is 11.6 Å². The number of carbonyl (C=O) groups excluding carboxylic acids is 2. The molecule has 0 saturated carbocycles. The Labute approximate surface area is 150 Å². The Hall–Kier alpha value is -1.66. The Morgan fingerprint density at radius 2 is 2.20 bits per heavy atom.